The maximum absolute atomic E-state index is 12.6. The third-order valence-corrected chi connectivity index (χ3v) is 5.72. The molecule has 0 bridgehead atoms. The van der Waals surface area contributed by atoms with E-state index in [2.05, 4.69) is 40.0 Å². The number of fused-ring (bicyclic) bond motifs is 2. The molecule has 0 saturated carbocycles. The molecule has 0 saturated heterocycles. The number of nitrogens with one attached hydrogen (secondary N) is 2. The van der Waals surface area contributed by atoms with Gasteiger partial charge in [0.15, 0.2) is 0 Å². The highest BCUT2D eigenvalue weighted by Gasteiger charge is 2.29. The third kappa shape index (κ3) is 4.43. The molecule has 1 unspecified atom stereocenters. The van der Waals surface area contributed by atoms with E-state index in [1.54, 1.807) is 28.9 Å². The first-order chi connectivity index (χ1) is 16.1. The van der Waals surface area contributed by atoms with Crippen molar-refractivity contribution in [3.8, 4) is 17.0 Å². The van der Waals surface area contributed by atoms with Crippen LogP contribution in [0.3, 0.4) is 0 Å². The average Bonchev–Trinajstić information content (AvgIpc) is 3.23. The number of nitrogens with zero attached hydrogens (tertiary/aromatic N) is 2. The van der Waals surface area contributed by atoms with Gasteiger partial charge >= 0.3 is 0 Å². The van der Waals surface area contributed by atoms with Crippen LogP contribution in [0.15, 0.2) is 72.8 Å². The van der Waals surface area contributed by atoms with Crippen molar-refractivity contribution in [1.29, 1.82) is 0 Å². The minimum Gasteiger partial charge on any atom is -0.494 e. The quantitative estimate of drug-likeness (QED) is 0.455. The molecular weight excluding hydrogens is 416 g/mol. The molecule has 2 amide bonds. The van der Waals surface area contributed by atoms with Crippen molar-refractivity contribution in [3.63, 3.8) is 0 Å². The van der Waals surface area contributed by atoms with Gasteiger partial charge in [-0.05, 0) is 48.0 Å². The number of anilines is 2. The molecule has 1 aliphatic rings. The van der Waals surface area contributed by atoms with Gasteiger partial charge in [-0.3, -0.25) is 9.59 Å². The second kappa shape index (κ2) is 8.78. The molecule has 3 aromatic carbocycles. The largest absolute Gasteiger partial charge is 0.494 e. The Balaban J connectivity index is 1.27. The summed E-state index contributed by atoms with van der Waals surface area (Å²) in [5.41, 5.74) is 2.43. The first-order valence-electron chi connectivity index (χ1n) is 11.0. The van der Waals surface area contributed by atoms with Crippen molar-refractivity contribution in [3.05, 3.63) is 72.8 Å². The van der Waals surface area contributed by atoms with Crippen LogP contribution in [0.5, 0.6) is 5.75 Å². The molecule has 0 radical (unpaired) electrons. The summed E-state index contributed by atoms with van der Waals surface area (Å²) in [4.78, 5) is 25.2. The highest BCUT2D eigenvalue weighted by Crippen LogP contribution is 2.29. The standard InChI is InChI=1S/C26H24N4O3/c1-2-33-22-11-9-21(10-12-22)27-25(31)14-20-16-30-24(28-26(20)32)15-23(29-30)19-8-7-17-5-3-4-6-18(17)13-19/h3-13,15,20H,2,14,16H2,1H3,(H,27,31)(H,28,32). The molecule has 5 rings (SSSR count). The summed E-state index contributed by atoms with van der Waals surface area (Å²) in [7, 11) is 0. The van der Waals surface area contributed by atoms with Crippen molar-refractivity contribution < 1.29 is 14.3 Å². The molecule has 1 aromatic heterocycles. The summed E-state index contributed by atoms with van der Waals surface area (Å²) in [6, 6.07) is 23.4. The maximum Gasteiger partial charge on any atom is 0.231 e. The van der Waals surface area contributed by atoms with Gasteiger partial charge < -0.3 is 15.4 Å². The molecule has 7 heteroatoms. The van der Waals surface area contributed by atoms with Crippen molar-refractivity contribution in [2.75, 3.05) is 17.2 Å². The first kappa shape index (κ1) is 20.8. The molecule has 1 atom stereocenters. The van der Waals surface area contributed by atoms with Crippen LogP contribution in [0, 0.1) is 5.92 Å². The summed E-state index contributed by atoms with van der Waals surface area (Å²) < 4.78 is 7.18. The minimum atomic E-state index is -0.496. The summed E-state index contributed by atoms with van der Waals surface area (Å²) in [6.45, 7) is 2.85. The molecule has 0 aliphatic carbocycles. The number of hydrogen-bond donors (Lipinski definition) is 2. The number of aromatic nitrogens is 2. The van der Waals surface area contributed by atoms with Crippen LogP contribution in [-0.2, 0) is 16.1 Å². The number of ether oxygens (including phenoxy) is 1. The van der Waals surface area contributed by atoms with Crippen molar-refractivity contribution in [2.24, 2.45) is 5.92 Å². The number of hydrogen-bond acceptors (Lipinski definition) is 4. The van der Waals surface area contributed by atoms with E-state index < -0.39 is 5.92 Å². The summed E-state index contributed by atoms with van der Waals surface area (Å²) >= 11 is 0. The highest BCUT2D eigenvalue weighted by atomic mass is 16.5. The smallest absolute Gasteiger partial charge is 0.231 e. The van der Waals surface area contributed by atoms with E-state index in [1.165, 1.54) is 0 Å². The Labute approximate surface area is 191 Å². The molecule has 0 fully saturated rings. The number of amides is 2. The van der Waals surface area contributed by atoms with Gasteiger partial charge in [-0.1, -0.05) is 36.4 Å². The number of rotatable bonds is 6. The van der Waals surface area contributed by atoms with Crippen LogP contribution < -0.4 is 15.4 Å². The van der Waals surface area contributed by atoms with E-state index in [-0.39, 0.29) is 18.2 Å². The summed E-state index contributed by atoms with van der Waals surface area (Å²) in [5, 5.41) is 12.7. The normalized spacial score (nSPS) is 15.1. The fraction of sp³-hybridized carbons (Fsp3) is 0.192. The summed E-state index contributed by atoms with van der Waals surface area (Å²) in [5.74, 6) is 0.505. The van der Waals surface area contributed by atoms with Gasteiger partial charge in [0, 0.05) is 23.7 Å². The van der Waals surface area contributed by atoms with Gasteiger partial charge in [-0.2, -0.15) is 5.10 Å². The number of carbonyl (C=O) groups excluding carboxylic acids is 2. The lowest BCUT2D eigenvalue weighted by Crippen LogP contribution is -2.35. The molecular formula is C26H24N4O3. The van der Waals surface area contributed by atoms with Gasteiger partial charge in [0.1, 0.15) is 11.6 Å². The molecule has 33 heavy (non-hydrogen) atoms. The van der Waals surface area contributed by atoms with Crippen LogP contribution in [0.4, 0.5) is 11.5 Å². The van der Waals surface area contributed by atoms with Crippen LogP contribution in [0.1, 0.15) is 13.3 Å². The Morgan fingerprint density at radius 1 is 1.09 bits per heavy atom. The van der Waals surface area contributed by atoms with Crippen LogP contribution in [0.2, 0.25) is 0 Å². The van der Waals surface area contributed by atoms with Gasteiger partial charge in [0.25, 0.3) is 0 Å². The van der Waals surface area contributed by atoms with E-state index in [9.17, 15) is 9.59 Å². The minimum absolute atomic E-state index is 0.0731. The highest BCUT2D eigenvalue weighted by molar-refractivity contribution is 5.99. The fourth-order valence-corrected chi connectivity index (χ4v) is 4.06. The topological polar surface area (TPSA) is 85.2 Å². The fourth-order valence-electron chi connectivity index (χ4n) is 4.06. The van der Waals surface area contributed by atoms with Crippen LogP contribution in [-0.4, -0.2) is 28.2 Å². The average molecular weight is 441 g/mol. The molecule has 166 valence electrons. The zero-order chi connectivity index (χ0) is 22.8. The Bertz CT molecular complexity index is 1330. The Hall–Kier alpha value is -4.13. The van der Waals surface area contributed by atoms with Crippen molar-refractivity contribution in [1.82, 2.24) is 9.78 Å². The van der Waals surface area contributed by atoms with E-state index in [4.69, 9.17) is 4.74 Å². The van der Waals surface area contributed by atoms with Crippen LogP contribution >= 0.6 is 0 Å². The van der Waals surface area contributed by atoms with E-state index in [0.717, 1.165) is 27.8 Å². The first-order valence-corrected chi connectivity index (χ1v) is 11.0. The molecule has 1 aliphatic heterocycles. The predicted octanol–water partition coefficient (Wildman–Crippen LogP) is 4.70. The lowest BCUT2D eigenvalue weighted by Gasteiger charge is -2.22. The molecule has 4 aromatic rings. The molecule has 7 nitrogen and oxygen atoms in total. The Morgan fingerprint density at radius 2 is 1.88 bits per heavy atom. The maximum atomic E-state index is 12.6. The third-order valence-electron chi connectivity index (χ3n) is 5.72. The lowest BCUT2D eigenvalue weighted by molar-refractivity contribution is -0.125. The van der Waals surface area contributed by atoms with Crippen molar-refractivity contribution in [2.45, 2.75) is 19.9 Å². The van der Waals surface area contributed by atoms with Gasteiger partial charge in [-0.25, -0.2) is 4.68 Å². The summed E-state index contributed by atoms with van der Waals surface area (Å²) in [6.07, 6.45) is 0.0731. The van der Waals surface area contributed by atoms with Gasteiger partial charge in [-0.15, -0.1) is 0 Å². The van der Waals surface area contributed by atoms with Gasteiger partial charge in [0.05, 0.1) is 24.8 Å². The molecule has 2 heterocycles. The zero-order valence-corrected chi connectivity index (χ0v) is 18.2. The second-order valence-corrected chi connectivity index (χ2v) is 8.05. The number of benzene rings is 3. The van der Waals surface area contributed by atoms with Crippen molar-refractivity contribution >= 4 is 34.1 Å². The van der Waals surface area contributed by atoms with Gasteiger partial charge in [0.2, 0.25) is 11.8 Å². The van der Waals surface area contributed by atoms with Crippen LogP contribution in [0.25, 0.3) is 22.0 Å². The van der Waals surface area contributed by atoms with E-state index >= 15 is 0 Å². The second-order valence-electron chi connectivity index (χ2n) is 8.05. The number of carbonyl (C=O) groups is 2. The SMILES string of the molecule is CCOc1ccc(NC(=O)CC2Cn3nc(-c4ccc5ccccc5c4)cc3NC2=O)cc1. The monoisotopic (exact) mass is 440 g/mol. The molecule has 0 spiro atoms. The van der Waals surface area contributed by atoms with E-state index in [0.29, 0.717) is 24.7 Å². The predicted molar refractivity (Wildman–Crippen MR) is 128 cm³/mol. The van der Waals surface area contributed by atoms with E-state index in [1.807, 2.05) is 31.2 Å². The Kier molecular flexibility index (Phi) is 5.52. The zero-order valence-electron chi connectivity index (χ0n) is 18.2. The lowest BCUT2D eigenvalue weighted by atomic mass is 10.0. The Morgan fingerprint density at radius 3 is 2.67 bits per heavy atom. The molecule has 2 N–H and O–H groups in total.